The topological polar surface area (TPSA) is 38.3 Å². The Morgan fingerprint density at radius 3 is 2.75 bits per heavy atom. The third kappa shape index (κ3) is 7.69. The van der Waals surface area contributed by atoms with Crippen molar-refractivity contribution in [1.29, 1.82) is 0 Å². The number of ether oxygens (including phenoxy) is 1. The molecule has 0 aliphatic heterocycles. The van der Waals surface area contributed by atoms with E-state index in [1.165, 1.54) is 0 Å². The summed E-state index contributed by atoms with van der Waals surface area (Å²) in [6.07, 6.45) is 1.55. The minimum atomic E-state index is 0.185. The quantitative estimate of drug-likeness (QED) is 0.556. The van der Waals surface area contributed by atoms with Crippen molar-refractivity contribution in [3.8, 4) is 0 Å². The summed E-state index contributed by atoms with van der Waals surface area (Å²) in [5.74, 6) is 0.185. The molecule has 0 radical (unpaired) electrons. The molecule has 0 fully saturated rings. The van der Waals surface area contributed by atoms with Crippen LogP contribution in [-0.2, 0) is 9.53 Å². The Labute approximate surface area is 74.5 Å². The normalized spacial score (nSPS) is 10.2. The summed E-state index contributed by atoms with van der Waals surface area (Å²) >= 11 is 0. The molecule has 0 aromatic carbocycles. The molecule has 0 saturated carbocycles. The summed E-state index contributed by atoms with van der Waals surface area (Å²) in [6.45, 7) is 6.71. The van der Waals surface area contributed by atoms with Gasteiger partial charge in [0, 0.05) is 19.6 Å². The van der Waals surface area contributed by atoms with E-state index in [-0.39, 0.29) is 12.4 Å². The number of rotatable bonds is 8. The van der Waals surface area contributed by atoms with Crippen molar-refractivity contribution >= 4 is 5.78 Å². The highest BCUT2D eigenvalue weighted by Crippen LogP contribution is 1.85. The summed E-state index contributed by atoms with van der Waals surface area (Å²) in [6, 6.07) is 0. The van der Waals surface area contributed by atoms with Gasteiger partial charge in [-0.05, 0) is 13.0 Å². The molecule has 1 N–H and O–H groups in total. The lowest BCUT2D eigenvalue weighted by Gasteiger charge is -2.02. The van der Waals surface area contributed by atoms with E-state index in [4.69, 9.17) is 4.74 Å². The van der Waals surface area contributed by atoms with Crippen LogP contribution in [0.4, 0.5) is 0 Å². The van der Waals surface area contributed by atoms with Crippen molar-refractivity contribution in [3.63, 3.8) is 0 Å². The van der Waals surface area contributed by atoms with E-state index in [0.29, 0.717) is 13.0 Å². The second kappa shape index (κ2) is 8.68. The van der Waals surface area contributed by atoms with E-state index in [2.05, 4.69) is 5.32 Å². The average Bonchev–Trinajstić information content (AvgIpc) is 2.06. The molecule has 0 aliphatic rings. The molecule has 12 heavy (non-hydrogen) atoms. The standard InChI is InChI=1S/C9H19NO2/c1-3-7-12-8-9(11)5-6-10-4-2/h10H,3-8H2,1-2H3. The molecule has 0 aromatic rings. The number of Topliss-reactive ketones (excluding diaryl/α,β-unsaturated/α-hetero) is 1. The predicted octanol–water partition coefficient (Wildman–Crippen LogP) is 0.982. The molecule has 0 bridgehead atoms. The van der Waals surface area contributed by atoms with Crippen LogP contribution >= 0.6 is 0 Å². The van der Waals surface area contributed by atoms with E-state index in [0.717, 1.165) is 19.5 Å². The minimum Gasteiger partial charge on any atom is -0.374 e. The number of hydrogen-bond donors (Lipinski definition) is 1. The molecular weight excluding hydrogens is 154 g/mol. The van der Waals surface area contributed by atoms with Crippen molar-refractivity contribution in [3.05, 3.63) is 0 Å². The van der Waals surface area contributed by atoms with Gasteiger partial charge in [-0.3, -0.25) is 4.79 Å². The van der Waals surface area contributed by atoms with Crippen molar-refractivity contribution in [2.24, 2.45) is 0 Å². The molecule has 0 amide bonds. The molecule has 0 heterocycles. The summed E-state index contributed by atoms with van der Waals surface area (Å²) in [5, 5.41) is 3.09. The molecule has 0 aliphatic carbocycles. The lowest BCUT2D eigenvalue weighted by Crippen LogP contribution is -2.19. The van der Waals surface area contributed by atoms with Crippen LogP contribution < -0.4 is 5.32 Å². The fraction of sp³-hybridized carbons (Fsp3) is 0.889. The van der Waals surface area contributed by atoms with Crippen LogP contribution in [0.1, 0.15) is 26.7 Å². The van der Waals surface area contributed by atoms with Crippen molar-refractivity contribution < 1.29 is 9.53 Å². The van der Waals surface area contributed by atoms with Crippen molar-refractivity contribution in [2.75, 3.05) is 26.3 Å². The molecule has 0 saturated heterocycles. The predicted molar refractivity (Wildman–Crippen MR) is 49.3 cm³/mol. The lowest BCUT2D eigenvalue weighted by molar-refractivity contribution is -0.123. The van der Waals surface area contributed by atoms with Gasteiger partial charge in [-0.2, -0.15) is 0 Å². The number of ketones is 1. The minimum absolute atomic E-state index is 0.185. The fourth-order valence-corrected chi connectivity index (χ4v) is 0.807. The highest BCUT2D eigenvalue weighted by Gasteiger charge is 1.99. The fourth-order valence-electron chi connectivity index (χ4n) is 0.807. The molecule has 0 spiro atoms. The number of nitrogens with one attached hydrogen (secondary N) is 1. The van der Waals surface area contributed by atoms with Gasteiger partial charge < -0.3 is 10.1 Å². The highest BCUT2D eigenvalue weighted by atomic mass is 16.5. The van der Waals surface area contributed by atoms with E-state index in [1.54, 1.807) is 0 Å². The largest absolute Gasteiger partial charge is 0.374 e. The van der Waals surface area contributed by atoms with Crippen LogP contribution in [-0.4, -0.2) is 32.1 Å². The van der Waals surface area contributed by atoms with Crippen LogP contribution in [0.2, 0.25) is 0 Å². The zero-order valence-corrected chi connectivity index (χ0v) is 8.06. The van der Waals surface area contributed by atoms with Crippen LogP contribution in [0.5, 0.6) is 0 Å². The lowest BCUT2D eigenvalue weighted by atomic mass is 10.3. The van der Waals surface area contributed by atoms with Gasteiger partial charge in [-0.15, -0.1) is 0 Å². The van der Waals surface area contributed by atoms with Gasteiger partial charge in [-0.1, -0.05) is 13.8 Å². The van der Waals surface area contributed by atoms with E-state index in [1.807, 2.05) is 13.8 Å². The Balaban J connectivity index is 3.10. The molecule has 0 unspecified atom stereocenters. The van der Waals surface area contributed by atoms with Crippen LogP contribution in [0.3, 0.4) is 0 Å². The monoisotopic (exact) mass is 173 g/mol. The average molecular weight is 173 g/mol. The maximum atomic E-state index is 11.0. The highest BCUT2D eigenvalue weighted by molar-refractivity contribution is 5.79. The SMILES string of the molecule is CCCOCC(=O)CCNCC. The van der Waals surface area contributed by atoms with E-state index >= 15 is 0 Å². The maximum absolute atomic E-state index is 11.0. The van der Waals surface area contributed by atoms with Gasteiger partial charge in [0.1, 0.15) is 6.61 Å². The summed E-state index contributed by atoms with van der Waals surface area (Å²) in [5.41, 5.74) is 0. The maximum Gasteiger partial charge on any atom is 0.159 e. The number of hydrogen-bond acceptors (Lipinski definition) is 3. The molecule has 0 aromatic heterocycles. The molecule has 0 rings (SSSR count). The summed E-state index contributed by atoms with van der Waals surface area (Å²) < 4.78 is 5.10. The van der Waals surface area contributed by atoms with Crippen LogP contribution in [0, 0.1) is 0 Å². The molecule has 3 heteroatoms. The van der Waals surface area contributed by atoms with Crippen LogP contribution in [0.15, 0.2) is 0 Å². The van der Waals surface area contributed by atoms with Gasteiger partial charge in [0.15, 0.2) is 5.78 Å². The third-order valence-electron chi connectivity index (χ3n) is 1.44. The van der Waals surface area contributed by atoms with Gasteiger partial charge in [0.2, 0.25) is 0 Å². The Morgan fingerprint density at radius 2 is 2.17 bits per heavy atom. The summed E-state index contributed by atoms with van der Waals surface area (Å²) in [4.78, 5) is 11.0. The Bertz CT molecular complexity index is 103. The van der Waals surface area contributed by atoms with E-state index in [9.17, 15) is 4.79 Å². The Kier molecular flexibility index (Phi) is 8.39. The molecule has 72 valence electrons. The first-order valence-corrected chi connectivity index (χ1v) is 4.61. The molecule has 3 nitrogen and oxygen atoms in total. The molecular formula is C9H19NO2. The second-order valence-electron chi connectivity index (χ2n) is 2.69. The Morgan fingerprint density at radius 1 is 1.42 bits per heavy atom. The smallest absolute Gasteiger partial charge is 0.159 e. The first kappa shape index (κ1) is 11.6. The van der Waals surface area contributed by atoms with Crippen molar-refractivity contribution in [1.82, 2.24) is 5.32 Å². The first-order valence-electron chi connectivity index (χ1n) is 4.61. The van der Waals surface area contributed by atoms with Crippen molar-refractivity contribution in [2.45, 2.75) is 26.7 Å². The van der Waals surface area contributed by atoms with Crippen LogP contribution in [0.25, 0.3) is 0 Å². The van der Waals surface area contributed by atoms with Gasteiger partial charge >= 0.3 is 0 Å². The van der Waals surface area contributed by atoms with Gasteiger partial charge in [0.25, 0.3) is 0 Å². The zero-order chi connectivity index (χ0) is 9.23. The first-order chi connectivity index (χ1) is 5.81. The number of carbonyl (C=O) groups excluding carboxylic acids is 1. The van der Waals surface area contributed by atoms with E-state index < -0.39 is 0 Å². The zero-order valence-electron chi connectivity index (χ0n) is 8.06. The Hall–Kier alpha value is -0.410. The van der Waals surface area contributed by atoms with Gasteiger partial charge in [-0.25, -0.2) is 0 Å². The molecule has 0 atom stereocenters. The number of carbonyl (C=O) groups is 1. The van der Waals surface area contributed by atoms with Gasteiger partial charge in [0.05, 0.1) is 0 Å². The third-order valence-corrected chi connectivity index (χ3v) is 1.44. The second-order valence-corrected chi connectivity index (χ2v) is 2.69. The summed E-state index contributed by atoms with van der Waals surface area (Å²) in [7, 11) is 0.